The number of benzene rings is 1. The molecule has 0 bridgehead atoms. The lowest BCUT2D eigenvalue weighted by Crippen LogP contribution is -2.08. The first-order valence-corrected chi connectivity index (χ1v) is 6.52. The van der Waals surface area contributed by atoms with Gasteiger partial charge < -0.3 is 9.47 Å². The molecule has 3 nitrogen and oxygen atoms in total. The van der Waals surface area contributed by atoms with Gasteiger partial charge in [-0.05, 0) is 17.7 Å². The average Bonchev–Trinajstić information content (AvgIpc) is 2.36. The molecule has 0 saturated heterocycles. The van der Waals surface area contributed by atoms with Crippen LogP contribution in [0.1, 0.15) is 18.9 Å². The first-order valence-electron chi connectivity index (χ1n) is 5.47. The fourth-order valence-electron chi connectivity index (χ4n) is 1.38. The summed E-state index contributed by atoms with van der Waals surface area (Å²) in [5.41, 5.74) is 1.20. The van der Waals surface area contributed by atoms with E-state index in [1.165, 1.54) is 12.7 Å². The smallest absolute Gasteiger partial charge is 0.306 e. The summed E-state index contributed by atoms with van der Waals surface area (Å²) in [6, 6.07) is 7.96. The molecule has 0 aliphatic heterocycles. The molecule has 0 aliphatic rings. The molecular formula is C13H18O3S. The van der Waals surface area contributed by atoms with Gasteiger partial charge in [-0.25, -0.2) is 0 Å². The Balaban J connectivity index is 2.41. The van der Waals surface area contributed by atoms with Crippen molar-refractivity contribution in [3.05, 3.63) is 29.8 Å². The Hall–Kier alpha value is -1.16. The monoisotopic (exact) mass is 254 g/mol. The van der Waals surface area contributed by atoms with Crippen LogP contribution in [-0.4, -0.2) is 25.4 Å². The highest BCUT2D eigenvalue weighted by atomic mass is 32.2. The maximum atomic E-state index is 11.1. The van der Waals surface area contributed by atoms with E-state index < -0.39 is 0 Å². The normalized spacial score (nSPS) is 11.9. The van der Waals surface area contributed by atoms with Crippen molar-refractivity contribution in [2.24, 2.45) is 0 Å². The van der Waals surface area contributed by atoms with Gasteiger partial charge in [0.1, 0.15) is 5.75 Å². The highest BCUT2D eigenvalue weighted by Gasteiger charge is 2.09. The van der Waals surface area contributed by atoms with E-state index >= 15 is 0 Å². The molecule has 0 N–H and O–H groups in total. The highest BCUT2D eigenvalue weighted by molar-refractivity contribution is 7.99. The Bertz CT molecular complexity index is 365. The molecule has 0 saturated carbocycles. The van der Waals surface area contributed by atoms with Gasteiger partial charge in [0, 0.05) is 11.0 Å². The summed E-state index contributed by atoms with van der Waals surface area (Å²) < 4.78 is 9.80. The Morgan fingerprint density at radius 2 is 2.18 bits per heavy atom. The number of esters is 1. The molecular weight excluding hydrogens is 236 g/mol. The zero-order valence-corrected chi connectivity index (χ0v) is 11.3. The lowest BCUT2D eigenvalue weighted by atomic mass is 10.2. The molecule has 0 aliphatic carbocycles. The second-order valence-corrected chi connectivity index (χ2v) is 5.18. The van der Waals surface area contributed by atoms with Gasteiger partial charge in [-0.15, -0.1) is 0 Å². The molecule has 0 aromatic heterocycles. The molecule has 4 heteroatoms. The predicted molar refractivity (Wildman–Crippen MR) is 70.4 cm³/mol. The Morgan fingerprint density at radius 1 is 1.41 bits per heavy atom. The zero-order chi connectivity index (χ0) is 12.7. The molecule has 0 radical (unpaired) electrons. The van der Waals surface area contributed by atoms with Crippen LogP contribution in [0.2, 0.25) is 0 Å². The third-order valence-corrected chi connectivity index (χ3v) is 3.59. The van der Waals surface area contributed by atoms with Crippen LogP contribution in [0.4, 0.5) is 0 Å². The number of ether oxygens (including phenoxy) is 2. The van der Waals surface area contributed by atoms with Crippen LogP contribution in [0.5, 0.6) is 5.75 Å². The van der Waals surface area contributed by atoms with Gasteiger partial charge in [0.25, 0.3) is 0 Å². The lowest BCUT2D eigenvalue weighted by Gasteiger charge is -2.10. The van der Waals surface area contributed by atoms with Crippen molar-refractivity contribution in [1.82, 2.24) is 0 Å². The largest absolute Gasteiger partial charge is 0.497 e. The molecule has 0 spiro atoms. The number of hydrogen-bond acceptors (Lipinski definition) is 4. The van der Waals surface area contributed by atoms with Gasteiger partial charge in [-0.1, -0.05) is 19.1 Å². The van der Waals surface area contributed by atoms with E-state index in [2.05, 4.69) is 10.8 Å². The van der Waals surface area contributed by atoms with Crippen molar-refractivity contribution in [2.75, 3.05) is 14.2 Å². The summed E-state index contributed by atoms with van der Waals surface area (Å²) in [5, 5.41) is 0.258. The van der Waals surface area contributed by atoms with Crippen LogP contribution in [0.3, 0.4) is 0 Å². The molecule has 17 heavy (non-hydrogen) atoms. The van der Waals surface area contributed by atoms with Gasteiger partial charge in [-0.3, -0.25) is 4.79 Å². The number of hydrogen-bond donors (Lipinski definition) is 0. The summed E-state index contributed by atoms with van der Waals surface area (Å²) >= 11 is 1.74. The predicted octanol–water partition coefficient (Wildman–Crippen LogP) is 2.88. The molecule has 1 unspecified atom stereocenters. The Kier molecular flexibility index (Phi) is 5.91. The van der Waals surface area contributed by atoms with Crippen LogP contribution in [-0.2, 0) is 15.3 Å². The van der Waals surface area contributed by atoms with Crippen molar-refractivity contribution >= 4 is 17.7 Å². The fourth-order valence-corrected chi connectivity index (χ4v) is 2.29. The maximum absolute atomic E-state index is 11.1. The molecule has 94 valence electrons. The topological polar surface area (TPSA) is 35.5 Å². The van der Waals surface area contributed by atoms with E-state index in [0.29, 0.717) is 6.42 Å². The summed E-state index contributed by atoms with van der Waals surface area (Å²) in [7, 11) is 3.08. The van der Waals surface area contributed by atoms with Crippen molar-refractivity contribution in [2.45, 2.75) is 24.3 Å². The van der Waals surface area contributed by atoms with E-state index in [1.54, 1.807) is 18.9 Å². The first kappa shape index (κ1) is 13.9. The van der Waals surface area contributed by atoms with Crippen molar-refractivity contribution in [3.63, 3.8) is 0 Å². The number of carbonyl (C=O) groups is 1. The number of methoxy groups -OCH3 is 2. The fraction of sp³-hybridized carbons (Fsp3) is 0.462. The van der Waals surface area contributed by atoms with Crippen LogP contribution >= 0.6 is 11.8 Å². The SMILES string of the molecule is COC(=O)CC(C)SCc1cccc(OC)c1. The summed E-state index contributed by atoms with van der Waals surface area (Å²) in [6.45, 7) is 2.03. The molecule has 0 heterocycles. The van der Waals surface area contributed by atoms with E-state index in [-0.39, 0.29) is 11.2 Å². The summed E-state index contributed by atoms with van der Waals surface area (Å²) in [5.74, 6) is 1.58. The van der Waals surface area contributed by atoms with Gasteiger partial charge >= 0.3 is 5.97 Å². The van der Waals surface area contributed by atoms with E-state index in [4.69, 9.17) is 4.74 Å². The minimum atomic E-state index is -0.157. The minimum absolute atomic E-state index is 0.157. The van der Waals surface area contributed by atoms with Crippen LogP contribution < -0.4 is 4.74 Å². The van der Waals surface area contributed by atoms with Crippen molar-refractivity contribution in [1.29, 1.82) is 0 Å². The Morgan fingerprint density at radius 3 is 2.82 bits per heavy atom. The van der Waals surface area contributed by atoms with Gasteiger partial charge in [0.2, 0.25) is 0 Å². The lowest BCUT2D eigenvalue weighted by molar-refractivity contribution is -0.140. The number of thioether (sulfide) groups is 1. The van der Waals surface area contributed by atoms with Gasteiger partial charge in [-0.2, -0.15) is 11.8 Å². The van der Waals surface area contributed by atoms with Gasteiger partial charge in [0.15, 0.2) is 0 Å². The van der Waals surface area contributed by atoms with Gasteiger partial charge in [0.05, 0.1) is 20.6 Å². The molecule has 0 fully saturated rings. The van der Waals surface area contributed by atoms with E-state index in [0.717, 1.165) is 11.5 Å². The first-order chi connectivity index (χ1) is 8.15. The maximum Gasteiger partial charge on any atom is 0.306 e. The molecule has 1 aromatic carbocycles. The standard InChI is InChI=1S/C13H18O3S/c1-10(7-13(14)16-3)17-9-11-5-4-6-12(8-11)15-2/h4-6,8,10H,7,9H2,1-3H3. The second-order valence-electron chi connectivity index (χ2n) is 3.75. The number of rotatable bonds is 6. The van der Waals surface area contributed by atoms with E-state index in [9.17, 15) is 4.79 Å². The third-order valence-electron chi connectivity index (χ3n) is 2.35. The minimum Gasteiger partial charge on any atom is -0.497 e. The molecule has 1 rings (SSSR count). The van der Waals surface area contributed by atoms with Crippen LogP contribution in [0.15, 0.2) is 24.3 Å². The highest BCUT2D eigenvalue weighted by Crippen LogP contribution is 2.22. The third kappa shape index (κ3) is 5.13. The zero-order valence-electron chi connectivity index (χ0n) is 10.4. The van der Waals surface area contributed by atoms with Crippen molar-refractivity contribution in [3.8, 4) is 5.75 Å². The van der Waals surface area contributed by atoms with E-state index in [1.807, 2.05) is 25.1 Å². The molecule has 0 amide bonds. The Labute approximate surface area is 106 Å². The molecule has 1 aromatic rings. The van der Waals surface area contributed by atoms with Crippen LogP contribution in [0.25, 0.3) is 0 Å². The van der Waals surface area contributed by atoms with Crippen LogP contribution in [0, 0.1) is 0 Å². The summed E-state index contributed by atoms with van der Waals surface area (Å²) in [4.78, 5) is 11.1. The number of carbonyl (C=O) groups excluding carboxylic acids is 1. The van der Waals surface area contributed by atoms with Crippen molar-refractivity contribution < 1.29 is 14.3 Å². The average molecular weight is 254 g/mol. The second kappa shape index (κ2) is 7.22. The molecule has 1 atom stereocenters. The summed E-state index contributed by atoms with van der Waals surface area (Å²) in [6.07, 6.45) is 0.450. The quantitative estimate of drug-likeness (QED) is 0.731.